The molecule has 0 fully saturated rings. The van der Waals surface area contributed by atoms with Gasteiger partial charge in [-0.15, -0.1) is 0 Å². The van der Waals surface area contributed by atoms with E-state index in [2.05, 4.69) is 4.98 Å². The highest BCUT2D eigenvalue weighted by Gasteiger charge is 2.33. The molecule has 1 aromatic heterocycles. The van der Waals surface area contributed by atoms with Crippen LogP contribution in [0.3, 0.4) is 0 Å². The van der Waals surface area contributed by atoms with Gasteiger partial charge in [0.05, 0.1) is 10.6 Å². The summed E-state index contributed by atoms with van der Waals surface area (Å²) in [6.07, 6.45) is -4.99. The number of hydrogen-bond acceptors (Lipinski definition) is 2. The van der Waals surface area contributed by atoms with Crippen molar-refractivity contribution in [2.24, 2.45) is 0 Å². The van der Waals surface area contributed by atoms with Gasteiger partial charge in [-0.3, -0.25) is 0 Å². The molecule has 3 N–H and O–H groups in total. The molecule has 0 aliphatic carbocycles. The first-order chi connectivity index (χ1) is 12.1. The van der Waals surface area contributed by atoms with Crippen LogP contribution in [-0.2, 0) is 12.6 Å². The average Bonchev–Trinajstić information content (AvgIpc) is 2.91. The maximum Gasteiger partial charge on any atom is 0.417 e. The molecule has 1 heterocycles. The Labute approximate surface area is 148 Å². The molecule has 0 saturated carbocycles. The Balaban J connectivity index is 2.19. The number of halogens is 5. The summed E-state index contributed by atoms with van der Waals surface area (Å²) >= 11 is 5.57. The van der Waals surface area contributed by atoms with Crippen LogP contribution in [0.25, 0.3) is 10.9 Å². The molecular weight excluding hydrogens is 378 g/mol. The number of aromatic nitrogens is 1. The normalized spacial score (nSPS) is 11.9. The number of H-pyrrole nitrogens is 1. The number of benzene rings is 2. The number of hydrogen-bond donors (Lipinski definition) is 3. The Hall–Kier alpha value is -2.74. The van der Waals surface area contributed by atoms with Crippen LogP contribution in [0.2, 0.25) is 5.02 Å². The quantitative estimate of drug-likeness (QED) is 0.555. The van der Waals surface area contributed by atoms with Gasteiger partial charge in [-0.25, -0.2) is 9.18 Å². The van der Waals surface area contributed by atoms with Crippen molar-refractivity contribution in [2.45, 2.75) is 12.6 Å². The van der Waals surface area contributed by atoms with Gasteiger partial charge in [-0.05, 0) is 35.4 Å². The molecule has 0 unspecified atom stereocenters. The minimum absolute atomic E-state index is 0.0728. The van der Waals surface area contributed by atoms with Gasteiger partial charge in [0.25, 0.3) is 0 Å². The molecule has 4 nitrogen and oxygen atoms in total. The van der Waals surface area contributed by atoms with E-state index >= 15 is 0 Å². The number of aromatic amines is 1. The first-order valence-corrected chi connectivity index (χ1v) is 7.58. The molecule has 9 heteroatoms. The van der Waals surface area contributed by atoms with Crippen LogP contribution in [0.4, 0.5) is 17.6 Å². The smallest absolute Gasteiger partial charge is 0.417 e. The van der Waals surface area contributed by atoms with Gasteiger partial charge in [-0.2, -0.15) is 13.2 Å². The lowest BCUT2D eigenvalue weighted by Crippen LogP contribution is -2.07. The summed E-state index contributed by atoms with van der Waals surface area (Å²) in [7, 11) is 0. The molecule has 0 atom stereocenters. The summed E-state index contributed by atoms with van der Waals surface area (Å²) < 4.78 is 53.3. The molecule has 0 bridgehead atoms. The number of carboxylic acids is 1. The van der Waals surface area contributed by atoms with Crippen LogP contribution in [0.1, 0.15) is 27.2 Å². The van der Waals surface area contributed by atoms with E-state index in [4.69, 9.17) is 11.6 Å². The Morgan fingerprint density at radius 3 is 2.50 bits per heavy atom. The molecule has 0 aliphatic rings. The number of phenols is 1. The lowest BCUT2D eigenvalue weighted by atomic mass is 9.99. The molecule has 0 saturated heterocycles. The standard InChI is InChI=1S/C17H10ClF4NO3/c18-10-2-1-7(6-9(10)17(20,21)22)5-8-13-11(23-15(8)16(25)26)3-4-12(24)14(13)19/h1-4,6,23-24H,5H2,(H,25,26). The second kappa shape index (κ2) is 6.21. The van der Waals surface area contributed by atoms with Crippen molar-refractivity contribution in [3.05, 3.63) is 63.6 Å². The van der Waals surface area contributed by atoms with E-state index < -0.39 is 34.3 Å². The summed E-state index contributed by atoms with van der Waals surface area (Å²) in [5.74, 6) is -3.15. The number of carboxylic acid groups (broad SMARTS) is 1. The van der Waals surface area contributed by atoms with Crippen LogP contribution >= 0.6 is 11.6 Å². The number of carbonyl (C=O) groups is 1. The molecule has 3 rings (SSSR count). The highest BCUT2D eigenvalue weighted by Crippen LogP contribution is 2.37. The second-order valence-electron chi connectivity index (χ2n) is 5.59. The molecule has 0 radical (unpaired) electrons. The third-order valence-electron chi connectivity index (χ3n) is 3.92. The maximum atomic E-state index is 14.3. The maximum absolute atomic E-state index is 14.3. The molecule has 136 valence electrons. The van der Waals surface area contributed by atoms with Gasteiger partial charge in [-0.1, -0.05) is 17.7 Å². The van der Waals surface area contributed by atoms with E-state index in [0.717, 1.165) is 18.2 Å². The lowest BCUT2D eigenvalue weighted by molar-refractivity contribution is -0.137. The third kappa shape index (κ3) is 3.08. The summed E-state index contributed by atoms with van der Waals surface area (Å²) in [5.41, 5.74) is -1.31. The number of nitrogens with one attached hydrogen (secondary N) is 1. The summed E-state index contributed by atoms with van der Waals surface area (Å²) in [5, 5.41) is 18.2. The minimum Gasteiger partial charge on any atom is -0.505 e. The lowest BCUT2D eigenvalue weighted by Gasteiger charge is -2.11. The number of phenolic OH excluding ortho intramolecular Hbond substituents is 1. The average molecular weight is 388 g/mol. The summed E-state index contributed by atoms with van der Waals surface area (Å²) in [4.78, 5) is 14.0. The highest BCUT2D eigenvalue weighted by atomic mass is 35.5. The van der Waals surface area contributed by atoms with Crippen molar-refractivity contribution in [1.82, 2.24) is 4.98 Å². The predicted octanol–water partition coefficient (Wildman–Crippen LogP) is 4.97. The topological polar surface area (TPSA) is 73.3 Å². The second-order valence-corrected chi connectivity index (χ2v) is 6.00. The van der Waals surface area contributed by atoms with E-state index in [9.17, 15) is 32.6 Å². The van der Waals surface area contributed by atoms with E-state index in [1.807, 2.05) is 0 Å². The first kappa shape index (κ1) is 18.1. The fraction of sp³-hybridized carbons (Fsp3) is 0.118. The summed E-state index contributed by atoms with van der Waals surface area (Å²) in [6.45, 7) is 0. The Morgan fingerprint density at radius 2 is 1.88 bits per heavy atom. The first-order valence-electron chi connectivity index (χ1n) is 7.20. The zero-order valence-electron chi connectivity index (χ0n) is 12.8. The van der Waals surface area contributed by atoms with Crippen molar-refractivity contribution in [1.29, 1.82) is 0 Å². The predicted molar refractivity (Wildman–Crippen MR) is 86.1 cm³/mol. The fourth-order valence-corrected chi connectivity index (χ4v) is 2.99. The summed E-state index contributed by atoms with van der Waals surface area (Å²) in [6, 6.07) is 5.46. The SMILES string of the molecule is O=C(O)c1[nH]c2ccc(O)c(F)c2c1Cc1ccc(Cl)c(C(F)(F)F)c1. The van der Waals surface area contributed by atoms with Crippen molar-refractivity contribution < 1.29 is 32.6 Å². The number of alkyl halides is 3. The zero-order chi connectivity index (χ0) is 19.2. The van der Waals surface area contributed by atoms with Gasteiger partial charge >= 0.3 is 12.1 Å². The van der Waals surface area contributed by atoms with Gasteiger partial charge in [0.2, 0.25) is 0 Å². The molecule has 0 spiro atoms. The van der Waals surface area contributed by atoms with Crippen LogP contribution < -0.4 is 0 Å². The Kier molecular flexibility index (Phi) is 4.31. The fourth-order valence-electron chi connectivity index (χ4n) is 2.76. The number of fused-ring (bicyclic) bond motifs is 1. The highest BCUT2D eigenvalue weighted by molar-refractivity contribution is 6.31. The van der Waals surface area contributed by atoms with E-state index in [-0.39, 0.29) is 34.1 Å². The minimum atomic E-state index is -4.69. The molecular formula is C17H10ClF4NO3. The van der Waals surface area contributed by atoms with Crippen molar-refractivity contribution >= 4 is 28.5 Å². The largest absolute Gasteiger partial charge is 0.505 e. The monoisotopic (exact) mass is 387 g/mol. The van der Waals surface area contributed by atoms with Crippen LogP contribution in [-0.4, -0.2) is 21.2 Å². The van der Waals surface area contributed by atoms with Gasteiger partial charge in [0.1, 0.15) is 5.69 Å². The van der Waals surface area contributed by atoms with Gasteiger partial charge in [0, 0.05) is 17.3 Å². The molecule has 26 heavy (non-hydrogen) atoms. The zero-order valence-corrected chi connectivity index (χ0v) is 13.5. The van der Waals surface area contributed by atoms with Gasteiger partial charge < -0.3 is 15.2 Å². The number of rotatable bonds is 3. The van der Waals surface area contributed by atoms with Crippen molar-refractivity contribution in [3.63, 3.8) is 0 Å². The van der Waals surface area contributed by atoms with Crippen LogP contribution in [0.5, 0.6) is 5.75 Å². The third-order valence-corrected chi connectivity index (χ3v) is 4.25. The molecule has 2 aromatic carbocycles. The van der Waals surface area contributed by atoms with Crippen molar-refractivity contribution in [3.8, 4) is 5.75 Å². The van der Waals surface area contributed by atoms with Gasteiger partial charge in [0.15, 0.2) is 11.6 Å². The van der Waals surface area contributed by atoms with E-state index in [1.165, 1.54) is 12.1 Å². The molecule has 0 amide bonds. The van der Waals surface area contributed by atoms with E-state index in [0.29, 0.717) is 0 Å². The Bertz CT molecular complexity index is 1030. The van der Waals surface area contributed by atoms with Crippen molar-refractivity contribution in [2.75, 3.05) is 0 Å². The van der Waals surface area contributed by atoms with E-state index in [1.54, 1.807) is 0 Å². The molecule has 0 aliphatic heterocycles. The number of aromatic hydroxyl groups is 1. The Morgan fingerprint density at radius 1 is 1.19 bits per heavy atom. The number of aromatic carboxylic acids is 1. The van der Waals surface area contributed by atoms with Crippen LogP contribution in [0.15, 0.2) is 30.3 Å². The van der Waals surface area contributed by atoms with Crippen LogP contribution in [0, 0.1) is 5.82 Å². The molecule has 3 aromatic rings.